The van der Waals surface area contributed by atoms with E-state index in [1.54, 1.807) is 18.3 Å². The first-order valence-electron chi connectivity index (χ1n) is 6.52. The summed E-state index contributed by atoms with van der Waals surface area (Å²) in [5, 5.41) is 3.81. The number of nitrogens with zero attached hydrogens (tertiary/aromatic N) is 1. The average Bonchev–Trinajstić information content (AvgIpc) is 3.23. The van der Waals surface area contributed by atoms with Crippen molar-refractivity contribution in [1.82, 2.24) is 10.3 Å². The van der Waals surface area contributed by atoms with Crippen molar-refractivity contribution < 1.29 is 9.13 Å². The number of nitrogens with one attached hydrogen (secondary N) is 1. The Bertz CT molecular complexity index is 617. The second-order valence-electron chi connectivity index (χ2n) is 4.85. The van der Waals surface area contributed by atoms with Gasteiger partial charge in [0.15, 0.2) is 0 Å². The van der Waals surface area contributed by atoms with Gasteiger partial charge in [-0.05, 0) is 36.6 Å². The number of aromatic nitrogens is 1. The minimum atomic E-state index is -0.358. The van der Waals surface area contributed by atoms with E-state index in [0.29, 0.717) is 16.8 Å². The molecular weight excluding hydrogens is 279 g/mol. The van der Waals surface area contributed by atoms with E-state index in [-0.39, 0.29) is 11.7 Å². The fraction of sp³-hybridized carbons (Fsp3) is 0.267. The molecule has 1 aliphatic carbocycles. The lowest BCUT2D eigenvalue weighted by Crippen LogP contribution is -2.15. The van der Waals surface area contributed by atoms with Gasteiger partial charge in [0.1, 0.15) is 16.6 Å². The molecule has 0 unspecified atom stereocenters. The average molecular weight is 293 g/mol. The zero-order valence-corrected chi connectivity index (χ0v) is 11.5. The fourth-order valence-electron chi connectivity index (χ4n) is 1.83. The molecule has 0 saturated heterocycles. The van der Waals surface area contributed by atoms with Gasteiger partial charge in [0, 0.05) is 24.8 Å². The van der Waals surface area contributed by atoms with Crippen molar-refractivity contribution in [3.05, 3.63) is 52.9 Å². The molecule has 3 rings (SSSR count). The molecule has 1 N–H and O–H groups in total. The lowest BCUT2D eigenvalue weighted by Gasteiger charge is -2.08. The van der Waals surface area contributed by atoms with Gasteiger partial charge in [0.05, 0.1) is 0 Å². The molecule has 104 valence electrons. The molecule has 0 amide bonds. The van der Waals surface area contributed by atoms with Gasteiger partial charge in [-0.2, -0.15) is 0 Å². The van der Waals surface area contributed by atoms with Gasteiger partial charge in [0.2, 0.25) is 5.88 Å². The molecule has 1 fully saturated rings. The SMILES string of the molecule is Fc1cccc(Oc2ncc(CNC3CC3)cc2Cl)c1. The Morgan fingerprint density at radius 1 is 1.35 bits per heavy atom. The molecule has 1 aliphatic rings. The summed E-state index contributed by atoms with van der Waals surface area (Å²) in [6.45, 7) is 0.748. The molecule has 3 nitrogen and oxygen atoms in total. The normalized spacial score (nSPS) is 14.3. The summed E-state index contributed by atoms with van der Waals surface area (Å²) in [6.07, 6.45) is 4.19. The van der Waals surface area contributed by atoms with E-state index in [2.05, 4.69) is 10.3 Å². The molecule has 1 heterocycles. The van der Waals surface area contributed by atoms with Crippen LogP contribution < -0.4 is 10.1 Å². The number of hydrogen-bond donors (Lipinski definition) is 1. The molecular formula is C15H14ClFN2O. The standard InChI is InChI=1S/C15H14ClFN2O/c16-14-6-10(8-18-12-4-5-12)9-19-15(14)20-13-3-1-2-11(17)7-13/h1-3,6-7,9,12,18H,4-5,8H2. The summed E-state index contributed by atoms with van der Waals surface area (Å²) >= 11 is 6.14. The predicted molar refractivity (Wildman–Crippen MR) is 75.6 cm³/mol. The van der Waals surface area contributed by atoms with Crippen molar-refractivity contribution in [2.75, 3.05) is 0 Å². The van der Waals surface area contributed by atoms with Crippen molar-refractivity contribution in [3.8, 4) is 11.6 Å². The molecule has 20 heavy (non-hydrogen) atoms. The van der Waals surface area contributed by atoms with E-state index in [9.17, 15) is 4.39 Å². The van der Waals surface area contributed by atoms with Crippen LogP contribution in [0.4, 0.5) is 4.39 Å². The molecule has 1 aromatic heterocycles. The van der Waals surface area contributed by atoms with Crippen molar-refractivity contribution in [3.63, 3.8) is 0 Å². The topological polar surface area (TPSA) is 34.1 Å². The van der Waals surface area contributed by atoms with Crippen molar-refractivity contribution in [1.29, 1.82) is 0 Å². The molecule has 0 radical (unpaired) electrons. The highest BCUT2D eigenvalue weighted by molar-refractivity contribution is 6.31. The van der Waals surface area contributed by atoms with Gasteiger partial charge in [-0.25, -0.2) is 9.37 Å². The predicted octanol–water partition coefficient (Wildman–Crippen LogP) is 3.92. The van der Waals surface area contributed by atoms with Crippen LogP contribution in [-0.2, 0) is 6.54 Å². The van der Waals surface area contributed by atoms with Crippen LogP contribution in [-0.4, -0.2) is 11.0 Å². The molecule has 1 aromatic carbocycles. The molecule has 0 bridgehead atoms. The zero-order valence-electron chi connectivity index (χ0n) is 10.8. The van der Waals surface area contributed by atoms with Crippen LogP contribution >= 0.6 is 11.6 Å². The van der Waals surface area contributed by atoms with Crippen LogP contribution in [0.3, 0.4) is 0 Å². The van der Waals surface area contributed by atoms with Gasteiger partial charge in [-0.1, -0.05) is 17.7 Å². The summed E-state index contributed by atoms with van der Waals surface area (Å²) in [5.41, 5.74) is 1.01. The van der Waals surface area contributed by atoms with Crippen LogP contribution in [0, 0.1) is 5.82 Å². The summed E-state index contributed by atoms with van der Waals surface area (Å²) in [6, 6.07) is 8.33. The van der Waals surface area contributed by atoms with E-state index < -0.39 is 0 Å². The number of pyridine rings is 1. The van der Waals surface area contributed by atoms with Crippen LogP contribution in [0.1, 0.15) is 18.4 Å². The first kappa shape index (κ1) is 13.3. The Balaban J connectivity index is 1.69. The van der Waals surface area contributed by atoms with Crippen LogP contribution in [0.15, 0.2) is 36.5 Å². The maximum absolute atomic E-state index is 13.1. The van der Waals surface area contributed by atoms with Gasteiger partial charge >= 0.3 is 0 Å². The Labute approximate surface area is 121 Å². The molecule has 0 atom stereocenters. The first-order chi connectivity index (χ1) is 9.70. The Morgan fingerprint density at radius 3 is 2.90 bits per heavy atom. The lowest BCUT2D eigenvalue weighted by molar-refractivity contribution is 0.457. The van der Waals surface area contributed by atoms with Gasteiger partial charge < -0.3 is 10.1 Å². The van der Waals surface area contributed by atoms with Gasteiger partial charge in [0.25, 0.3) is 0 Å². The first-order valence-corrected chi connectivity index (χ1v) is 6.90. The number of benzene rings is 1. The molecule has 0 aliphatic heterocycles. The van der Waals surface area contributed by atoms with Gasteiger partial charge in [-0.3, -0.25) is 0 Å². The quantitative estimate of drug-likeness (QED) is 0.907. The monoisotopic (exact) mass is 292 g/mol. The third-order valence-electron chi connectivity index (χ3n) is 3.05. The molecule has 2 aromatic rings. The summed E-state index contributed by atoms with van der Waals surface area (Å²) in [7, 11) is 0. The number of hydrogen-bond acceptors (Lipinski definition) is 3. The minimum absolute atomic E-state index is 0.285. The number of ether oxygens (including phenoxy) is 1. The van der Waals surface area contributed by atoms with Crippen molar-refractivity contribution in [2.45, 2.75) is 25.4 Å². The largest absolute Gasteiger partial charge is 0.437 e. The summed E-state index contributed by atoms with van der Waals surface area (Å²) < 4.78 is 18.6. The summed E-state index contributed by atoms with van der Waals surface area (Å²) in [5.74, 6) is 0.305. The number of rotatable bonds is 5. The highest BCUT2D eigenvalue weighted by Gasteiger charge is 2.20. The third-order valence-corrected chi connectivity index (χ3v) is 3.32. The van der Waals surface area contributed by atoms with Crippen LogP contribution in [0.25, 0.3) is 0 Å². The van der Waals surface area contributed by atoms with E-state index >= 15 is 0 Å². The lowest BCUT2D eigenvalue weighted by atomic mass is 10.3. The smallest absolute Gasteiger partial charge is 0.238 e. The van der Waals surface area contributed by atoms with E-state index in [4.69, 9.17) is 16.3 Å². The maximum Gasteiger partial charge on any atom is 0.238 e. The number of halogens is 2. The third kappa shape index (κ3) is 3.46. The van der Waals surface area contributed by atoms with E-state index in [1.165, 1.54) is 25.0 Å². The van der Waals surface area contributed by atoms with Gasteiger partial charge in [-0.15, -0.1) is 0 Å². The minimum Gasteiger partial charge on any atom is -0.437 e. The maximum atomic E-state index is 13.1. The Hall–Kier alpha value is -1.65. The Morgan fingerprint density at radius 2 is 2.20 bits per heavy atom. The Kier molecular flexibility index (Phi) is 3.85. The zero-order chi connectivity index (χ0) is 13.9. The highest BCUT2D eigenvalue weighted by atomic mass is 35.5. The molecule has 0 spiro atoms. The van der Waals surface area contributed by atoms with E-state index in [0.717, 1.165) is 12.1 Å². The van der Waals surface area contributed by atoms with Crippen molar-refractivity contribution >= 4 is 11.6 Å². The van der Waals surface area contributed by atoms with Crippen molar-refractivity contribution in [2.24, 2.45) is 0 Å². The second kappa shape index (κ2) is 5.77. The second-order valence-corrected chi connectivity index (χ2v) is 5.25. The highest BCUT2D eigenvalue weighted by Crippen LogP contribution is 2.28. The molecule has 5 heteroatoms. The van der Waals surface area contributed by atoms with E-state index in [1.807, 2.05) is 6.07 Å². The fourth-order valence-corrected chi connectivity index (χ4v) is 2.06. The van der Waals surface area contributed by atoms with Crippen LogP contribution in [0.2, 0.25) is 5.02 Å². The molecule has 1 saturated carbocycles. The summed E-state index contributed by atoms with van der Waals surface area (Å²) in [4.78, 5) is 4.18. The van der Waals surface area contributed by atoms with Crippen LogP contribution in [0.5, 0.6) is 11.6 Å².